The zero-order chi connectivity index (χ0) is 23.3. The molecule has 0 fully saturated rings. The quantitative estimate of drug-likeness (QED) is 0.461. The number of sulfonamides is 1. The zero-order valence-corrected chi connectivity index (χ0v) is 19.3. The van der Waals surface area contributed by atoms with E-state index in [1.54, 1.807) is 43.3 Å². The summed E-state index contributed by atoms with van der Waals surface area (Å²) in [6.45, 7) is 4.15. The van der Waals surface area contributed by atoms with Gasteiger partial charge in [-0.2, -0.15) is 0 Å². The summed E-state index contributed by atoms with van der Waals surface area (Å²) in [5.74, 6) is -0.706. The fourth-order valence-corrected chi connectivity index (χ4v) is 4.37. The molecule has 3 aromatic carbocycles. The van der Waals surface area contributed by atoms with Gasteiger partial charge in [0.05, 0.1) is 10.6 Å². The Kier molecular flexibility index (Phi) is 7.33. The summed E-state index contributed by atoms with van der Waals surface area (Å²) in [6, 6.07) is 17.2. The van der Waals surface area contributed by atoms with Crippen LogP contribution in [0, 0.1) is 6.92 Å². The summed E-state index contributed by atoms with van der Waals surface area (Å²) in [4.78, 5) is 25.3. The van der Waals surface area contributed by atoms with E-state index in [1.807, 2.05) is 6.92 Å². The molecule has 0 saturated carbocycles. The second-order valence-corrected chi connectivity index (χ2v) is 9.34. The van der Waals surface area contributed by atoms with E-state index in [0.717, 1.165) is 6.42 Å². The Hall–Kier alpha value is -3.16. The number of rotatable bonds is 8. The van der Waals surface area contributed by atoms with Crippen LogP contribution in [0.15, 0.2) is 71.6 Å². The number of anilines is 1. The lowest BCUT2D eigenvalue weighted by atomic mass is 10.0. The number of nitrogens with one attached hydrogen (secondary N) is 2. The van der Waals surface area contributed by atoms with E-state index in [-0.39, 0.29) is 33.4 Å². The summed E-state index contributed by atoms with van der Waals surface area (Å²) in [7, 11) is -4.08. The molecular weight excluding hydrogens is 448 g/mol. The highest BCUT2D eigenvalue weighted by molar-refractivity contribution is 7.92. The van der Waals surface area contributed by atoms with E-state index in [2.05, 4.69) is 10.0 Å². The van der Waals surface area contributed by atoms with Crippen LogP contribution in [0.3, 0.4) is 0 Å². The highest BCUT2D eigenvalue weighted by atomic mass is 35.5. The minimum absolute atomic E-state index is 0.0854. The molecular formula is C24H23ClN2O4S. The van der Waals surface area contributed by atoms with Gasteiger partial charge in [0.2, 0.25) is 0 Å². The van der Waals surface area contributed by atoms with Gasteiger partial charge in [-0.15, -0.1) is 0 Å². The average Bonchev–Trinajstić information content (AvgIpc) is 2.78. The minimum Gasteiger partial charge on any atom is -0.352 e. The molecule has 0 aliphatic heterocycles. The fraction of sp³-hybridized carbons (Fsp3) is 0.167. The van der Waals surface area contributed by atoms with Gasteiger partial charge in [-0.05, 0) is 49.2 Å². The van der Waals surface area contributed by atoms with Gasteiger partial charge < -0.3 is 5.32 Å². The topological polar surface area (TPSA) is 92.3 Å². The summed E-state index contributed by atoms with van der Waals surface area (Å²) < 4.78 is 28.7. The molecule has 0 saturated heterocycles. The summed E-state index contributed by atoms with van der Waals surface area (Å²) in [5, 5.41) is 3.06. The second kappa shape index (κ2) is 9.97. The minimum atomic E-state index is -4.08. The standard InChI is InChI=1S/C24H23ClN2O4S/c1-3-13-26-24(29)20-15-19(11-9-16(20)2)32(30,31)27-22-12-10-18(25)14-21(22)23(28)17-7-5-4-6-8-17/h4-12,14-15,27H,3,13H2,1-2H3,(H,26,29). The van der Waals surface area contributed by atoms with E-state index in [4.69, 9.17) is 11.6 Å². The van der Waals surface area contributed by atoms with Crippen molar-refractivity contribution < 1.29 is 18.0 Å². The van der Waals surface area contributed by atoms with Gasteiger partial charge in [-0.3, -0.25) is 14.3 Å². The number of hydrogen-bond acceptors (Lipinski definition) is 4. The van der Waals surface area contributed by atoms with Crippen molar-refractivity contribution in [1.82, 2.24) is 5.32 Å². The predicted octanol–water partition coefficient (Wildman–Crippen LogP) is 4.82. The molecule has 32 heavy (non-hydrogen) atoms. The Morgan fingerprint density at radius 2 is 1.66 bits per heavy atom. The molecule has 0 radical (unpaired) electrons. The Morgan fingerprint density at radius 3 is 2.34 bits per heavy atom. The molecule has 0 aliphatic rings. The molecule has 6 nitrogen and oxygen atoms in total. The van der Waals surface area contributed by atoms with Crippen LogP contribution in [-0.2, 0) is 10.0 Å². The van der Waals surface area contributed by atoms with E-state index in [0.29, 0.717) is 22.7 Å². The van der Waals surface area contributed by atoms with E-state index < -0.39 is 10.0 Å². The molecule has 0 spiro atoms. The van der Waals surface area contributed by atoms with Crippen LogP contribution in [0.25, 0.3) is 0 Å². The molecule has 0 aliphatic carbocycles. The first-order chi connectivity index (χ1) is 15.2. The van der Waals surface area contributed by atoms with Gasteiger partial charge >= 0.3 is 0 Å². The van der Waals surface area contributed by atoms with Crippen molar-refractivity contribution >= 4 is 39.0 Å². The zero-order valence-electron chi connectivity index (χ0n) is 17.7. The molecule has 0 heterocycles. The van der Waals surface area contributed by atoms with Crippen molar-refractivity contribution in [3.63, 3.8) is 0 Å². The molecule has 0 unspecified atom stereocenters. The average molecular weight is 471 g/mol. The molecule has 3 aromatic rings. The molecule has 0 aromatic heterocycles. The second-order valence-electron chi connectivity index (χ2n) is 7.22. The molecule has 2 N–H and O–H groups in total. The Morgan fingerprint density at radius 1 is 0.938 bits per heavy atom. The first-order valence-electron chi connectivity index (χ1n) is 10.0. The number of halogens is 1. The van der Waals surface area contributed by atoms with Gasteiger partial charge in [0.15, 0.2) is 5.78 Å². The molecule has 3 rings (SSSR count). The third-order valence-electron chi connectivity index (χ3n) is 4.81. The van der Waals surface area contributed by atoms with Crippen molar-refractivity contribution in [2.75, 3.05) is 11.3 Å². The van der Waals surface area contributed by atoms with E-state index in [1.165, 1.54) is 30.3 Å². The van der Waals surface area contributed by atoms with Gasteiger partial charge in [-0.25, -0.2) is 8.42 Å². The number of carbonyl (C=O) groups is 2. The Bertz CT molecular complexity index is 1260. The predicted molar refractivity (Wildman–Crippen MR) is 126 cm³/mol. The number of ketones is 1. The summed E-state index contributed by atoms with van der Waals surface area (Å²) in [5.41, 5.74) is 1.56. The fourth-order valence-electron chi connectivity index (χ4n) is 3.09. The van der Waals surface area contributed by atoms with Crippen molar-refractivity contribution in [3.05, 3.63) is 94.0 Å². The number of benzene rings is 3. The third kappa shape index (κ3) is 5.36. The normalized spacial score (nSPS) is 11.1. The molecule has 1 amide bonds. The maximum absolute atomic E-state index is 13.1. The molecule has 166 valence electrons. The van der Waals surface area contributed by atoms with Crippen LogP contribution >= 0.6 is 11.6 Å². The maximum atomic E-state index is 13.1. The Balaban J connectivity index is 1.97. The SMILES string of the molecule is CCCNC(=O)c1cc(S(=O)(=O)Nc2ccc(Cl)cc2C(=O)c2ccccc2)ccc1C. The molecule has 0 bridgehead atoms. The van der Waals surface area contributed by atoms with Crippen LogP contribution in [0.5, 0.6) is 0 Å². The first-order valence-corrected chi connectivity index (χ1v) is 11.9. The van der Waals surface area contributed by atoms with Crippen LogP contribution in [0.2, 0.25) is 5.02 Å². The number of amides is 1. The lowest BCUT2D eigenvalue weighted by molar-refractivity contribution is 0.0952. The molecule has 8 heteroatoms. The van der Waals surface area contributed by atoms with Crippen LogP contribution in [0.4, 0.5) is 5.69 Å². The lowest BCUT2D eigenvalue weighted by Crippen LogP contribution is -2.25. The number of carbonyl (C=O) groups excluding carboxylic acids is 2. The van der Waals surface area contributed by atoms with E-state index in [9.17, 15) is 18.0 Å². The lowest BCUT2D eigenvalue weighted by Gasteiger charge is -2.14. The van der Waals surface area contributed by atoms with E-state index >= 15 is 0 Å². The van der Waals surface area contributed by atoms with Crippen molar-refractivity contribution in [1.29, 1.82) is 0 Å². The number of hydrogen-bond donors (Lipinski definition) is 2. The van der Waals surface area contributed by atoms with Gasteiger partial charge in [0, 0.05) is 28.3 Å². The maximum Gasteiger partial charge on any atom is 0.261 e. The monoisotopic (exact) mass is 470 g/mol. The highest BCUT2D eigenvalue weighted by Crippen LogP contribution is 2.27. The van der Waals surface area contributed by atoms with Crippen LogP contribution in [0.1, 0.15) is 45.2 Å². The van der Waals surface area contributed by atoms with Crippen molar-refractivity contribution in [2.24, 2.45) is 0 Å². The van der Waals surface area contributed by atoms with Gasteiger partial charge in [-0.1, -0.05) is 54.9 Å². The third-order valence-corrected chi connectivity index (χ3v) is 6.40. The summed E-state index contributed by atoms with van der Waals surface area (Å²) >= 11 is 6.08. The van der Waals surface area contributed by atoms with Crippen molar-refractivity contribution in [2.45, 2.75) is 25.2 Å². The van der Waals surface area contributed by atoms with Gasteiger partial charge in [0.25, 0.3) is 15.9 Å². The first kappa shape index (κ1) is 23.5. The highest BCUT2D eigenvalue weighted by Gasteiger charge is 2.22. The number of aryl methyl sites for hydroxylation is 1. The smallest absolute Gasteiger partial charge is 0.261 e. The van der Waals surface area contributed by atoms with Crippen LogP contribution in [-0.4, -0.2) is 26.7 Å². The molecule has 0 atom stereocenters. The Labute approximate surface area is 192 Å². The summed E-state index contributed by atoms with van der Waals surface area (Å²) in [6.07, 6.45) is 0.763. The van der Waals surface area contributed by atoms with Crippen LogP contribution < -0.4 is 10.0 Å². The largest absolute Gasteiger partial charge is 0.352 e. The van der Waals surface area contributed by atoms with Gasteiger partial charge in [0.1, 0.15) is 0 Å². The van der Waals surface area contributed by atoms with Crippen molar-refractivity contribution in [3.8, 4) is 0 Å².